The second-order valence-corrected chi connectivity index (χ2v) is 6.63. The third-order valence-corrected chi connectivity index (χ3v) is 4.55. The van der Waals surface area contributed by atoms with Gasteiger partial charge in [-0.05, 0) is 44.2 Å². The molecule has 0 spiro atoms. The van der Waals surface area contributed by atoms with Crippen LogP contribution in [-0.2, 0) is 9.59 Å². The Morgan fingerprint density at radius 3 is 2.66 bits per heavy atom. The van der Waals surface area contributed by atoms with Gasteiger partial charge in [-0.3, -0.25) is 24.5 Å². The predicted molar refractivity (Wildman–Crippen MR) is 105 cm³/mol. The molecule has 2 aromatic rings. The number of aryl methyl sites for hydroxylation is 1. The maximum absolute atomic E-state index is 12.3. The molecule has 1 N–H and O–H groups in total. The van der Waals surface area contributed by atoms with Crippen molar-refractivity contribution in [3.8, 4) is 5.75 Å². The van der Waals surface area contributed by atoms with Gasteiger partial charge < -0.3 is 15.0 Å². The van der Waals surface area contributed by atoms with E-state index < -0.39 is 4.92 Å². The van der Waals surface area contributed by atoms with E-state index in [9.17, 15) is 24.5 Å². The van der Waals surface area contributed by atoms with E-state index in [2.05, 4.69) is 5.32 Å². The molecule has 0 atom stereocenters. The number of hydrogen-bond donors (Lipinski definition) is 1. The normalized spacial score (nSPS) is 12.8. The highest BCUT2D eigenvalue weighted by atomic mass is 16.6. The van der Waals surface area contributed by atoms with E-state index >= 15 is 0 Å². The van der Waals surface area contributed by atoms with Crippen LogP contribution in [0.3, 0.4) is 0 Å². The van der Waals surface area contributed by atoms with Crippen molar-refractivity contribution >= 4 is 34.7 Å². The molecule has 1 aliphatic heterocycles. The van der Waals surface area contributed by atoms with Gasteiger partial charge in [0.25, 0.3) is 11.6 Å². The SMILES string of the molecule is CC(=O)c1ccc2c(c1)N(CCC(=O)Nc1ccc([N+](=O)[O-])c(C)c1)C(=O)CO2. The van der Waals surface area contributed by atoms with Gasteiger partial charge in [-0.25, -0.2) is 0 Å². The number of nitrogens with one attached hydrogen (secondary N) is 1. The lowest BCUT2D eigenvalue weighted by Crippen LogP contribution is -2.40. The van der Waals surface area contributed by atoms with Crippen LogP contribution in [0.25, 0.3) is 0 Å². The summed E-state index contributed by atoms with van der Waals surface area (Å²) in [6.45, 7) is 2.98. The number of anilines is 2. The molecule has 0 aromatic heterocycles. The maximum Gasteiger partial charge on any atom is 0.272 e. The first-order valence-electron chi connectivity index (χ1n) is 8.89. The van der Waals surface area contributed by atoms with E-state index in [1.807, 2.05) is 0 Å². The highest BCUT2D eigenvalue weighted by molar-refractivity contribution is 6.02. The minimum atomic E-state index is -0.488. The number of amides is 2. The summed E-state index contributed by atoms with van der Waals surface area (Å²) < 4.78 is 5.39. The summed E-state index contributed by atoms with van der Waals surface area (Å²) in [5.41, 5.74) is 1.73. The van der Waals surface area contributed by atoms with Gasteiger partial charge in [0.05, 0.1) is 10.6 Å². The molecule has 9 heteroatoms. The summed E-state index contributed by atoms with van der Waals surface area (Å²) in [5, 5.41) is 13.6. The number of hydrogen-bond acceptors (Lipinski definition) is 6. The molecule has 1 aliphatic rings. The van der Waals surface area contributed by atoms with Crippen LogP contribution < -0.4 is 15.0 Å². The molecule has 0 radical (unpaired) electrons. The maximum atomic E-state index is 12.3. The smallest absolute Gasteiger partial charge is 0.272 e. The minimum Gasteiger partial charge on any atom is -0.482 e. The summed E-state index contributed by atoms with van der Waals surface area (Å²) in [6, 6.07) is 9.13. The van der Waals surface area contributed by atoms with Crippen LogP contribution in [0.4, 0.5) is 17.1 Å². The van der Waals surface area contributed by atoms with Crippen molar-refractivity contribution in [2.45, 2.75) is 20.3 Å². The molecule has 9 nitrogen and oxygen atoms in total. The standard InChI is InChI=1S/C20H19N3O6/c1-12-9-15(4-5-16(12)23(27)28)21-19(25)7-8-22-17-10-14(13(2)24)3-6-18(17)29-11-20(22)26/h3-6,9-10H,7-8,11H2,1-2H3,(H,21,25). The molecular weight excluding hydrogens is 378 g/mol. The largest absolute Gasteiger partial charge is 0.482 e. The number of nitrogens with zero attached hydrogens (tertiary/aromatic N) is 2. The second kappa shape index (κ2) is 8.09. The van der Waals surface area contributed by atoms with Crippen LogP contribution in [0.1, 0.15) is 29.3 Å². The lowest BCUT2D eigenvalue weighted by Gasteiger charge is -2.29. The molecule has 0 aliphatic carbocycles. The van der Waals surface area contributed by atoms with Crippen molar-refractivity contribution in [2.24, 2.45) is 0 Å². The number of carbonyl (C=O) groups is 3. The van der Waals surface area contributed by atoms with Crippen LogP contribution in [0.5, 0.6) is 5.75 Å². The van der Waals surface area contributed by atoms with Crippen molar-refractivity contribution in [3.05, 3.63) is 57.6 Å². The Hall–Kier alpha value is -3.75. The fourth-order valence-corrected chi connectivity index (χ4v) is 3.04. The number of ketones is 1. The first kappa shape index (κ1) is 20.0. The van der Waals surface area contributed by atoms with Crippen molar-refractivity contribution in [1.29, 1.82) is 0 Å². The van der Waals surface area contributed by atoms with Gasteiger partial charge in [0.1, 0.15) is 5.75 Å². The van der Waals surface area contributed by atoms with Crippen LogP contribution in [0.2, 0.25) is 0 Å². The van der Waals surface area contributed by atoms with Gasteiger partial charge in [0.15, 0.2) is 12.4 Å². The fourth-order valence-electron chi connectivity index (χ4n) is 3.04. The number of Topliss-reactive ketones (excluding diaryl/α,β-unsaturated/α-hetero) is 1. The third kappa shape index (κ3) is 4.40. The van der Waals surface area contributed by atoms with Crippen molar-refractivity contribution in [2.75, 3.05) is 23.4 Å². The quantitative estimate of drug-likeness (QED) is 0.455. The van der Waals surface area contributed by atoms with Crippen LogP contribution in [0, 0.1) is 17.0 Å². The number of fused-ring (bicyclic) bond motifs is 1. The number of carbonyl (C=O) groups excluding carboxylic acids is 3. The third-order valence-electron chi connectivity index (χ3n) is 4.55. The number of rotatable bonds is 6. The second-order valence-electron chi connectivity index (χ2n) is 6.63. The van der Waals surface area contributed by atoms with E-state index in [1.165, 1.54) is 30.0 Å². The van der Waals surface area contributed by atoms with E-state index in [4.69, 9.17) is 4.74 Å². The van der Waals surface area contributed by atoms with Crippen LogP contribution in [0.15, 0.2) is 36.4 Å². The molecule has 29 heavy (non-hydrogen) atoms. The Bertz CT molecular complexity index is 1020. The van der Waals surface area contributed by atoms with Gasteiger partial charge in [-0.2, -0.15) is 0 Å². The molecule has 2 aromatic carbocycles. The summed E-state index contributed by atoms with van der Waals surface area (Å²) in [4.78, 5) is 48.0. The number of nitro groups is 1. The summed E-state index contributed by atoms with van der Waals surface area (Å²) in [6.07, 6.45) is 0.00547. The topological polar surface area (TPSA) is 119 Å². The lowest BCUT2D eigenvalue weighted by atomic mass is 10.1. The highest BCUT2D eigenvalue weighted by Crippen LogP contribution is 2.33. The molecule has 150 valence electrons. The first-order valence-corrected chi connectivity index (χ1v) is 8.89. The average molecular weight is 397 g/mol. The zero-order valence-electron chi connectivity index (χ0n) is 15.9. The van der Waals surface area contributed by atoms with E-state index in [-0.39, 0.29) is 42.9 Å². The van der Waals surface area contributed by atoms with Gasteiger partial charge in [0, 0.05) is 35.8 Å². The van der Waals surface area contributed by atoms with Crippen molar-refractivity contribution < 1.29 is 24.0 Å². The summed E-state index contributed by atoms with van der Waals surface area (Å²) >= 11 is 0. The van der Waals surface area contributed by atoms with Crippen LogP contribution >= 0.6 is 0 Å². The Morgan fingerprint density at radius 2 is 2.00 bits per heavy atom. The van der Waals surface area contributed by atoms with Crippen LogP contribution in [-0.4, -0.2) is 35.7 Å². The predicted octanol–water partition coefficient (Wildman–Crippen LogP) is 2.86. The van der Waals surface area contributed by atoms with E-state index in [1.54, 1.807) is 25.1 Å². The molecule has 1 heterocycles. The van der Waals surface area contributed by atoms with Crippen molar-refractivity contribution in [3.63, 3.8) is 0 Å². The van der Waals surface area contributed by atoms with Gasteiger partial charge in [-0.1, -0.05) is 0 Å². The Kier molecular flexibility index (Phi) is 5.58. The van der Waals surface area contributed by atoms with E-state index in [0.717, 1.165) is 0 Å². The Balaban J connectivity index is 1.70. The zero-order valence-corrected chi connectivity index (χ0v) is 15.9. The molecular formula is C20H19N3O6. The minimum absolute atomic E-state index is 0.00547. The molecule has 0 bridgehead atoms. The Morgan fingerprint density at radius 1 is 1.24 bits per heavy atom. The van der Waals surface area contributed by atoms with Gasteiger partial charge >= 0.3 is 0 Å². The number of benzene rings is 2. The molecule has 2 amide bonds. The Labute approximate surface area is 166 Å². The zero-order chi connectivity index (χ0) is 21.1. The highest BCUT2D eigenvalue weighted by Gasteiger charge is 2.26. The van der Waals surface area contributed by atoms with Gasteiger partial charge in [0.2, 0.25) is 5.91 Å². The number of nitro benzene ring substituents is 1. The molecule has 0 saturated heterocycles. The monoisotopic (exact) mass is 397 g/mol. The number of ether oxygens (including phenoxy) is 1. The summed E-state index contributed by atoms with van der Waals surface area (Å²) in [5.74, 6) is -0.322. The molecule has 0 fully saturated rings. The first-order chi connectivity index (χ1) is 13.8. The molecule has 3 rings (SSSR count). The molecule has 0 saturated carbocycles. The molecule has 0 unspecified atom stereocenters. The average Bonchev–Trinajstić information content (AvgIpc) is 2.66. The summed E-state index contributed by atoms with van der Waals surface area (Å²) in [7, 11) is 0. The lowest BCUT2D eigenvalue weighted by molar-refractivity contribution is -0.385. The van der Waals surface area contributed by atoms with Crippen molar-refractivity contribution in [1.82, 2.24) is 0 Å². The van der Waals surface area contributed by atoms with Gasteiger partial charge in [-0.15, -0.1) is 0 Å². The fraction of sp³-hybridized carbons (Fsp3) is 0.250. The van der Waals surface area contributed by atoms with E-state index in [0.29, 0.717) is 28.3 Å².